The molecule has 0 aromatic heterocycles. The summed E-state index contributed by atoms with van der Waals surface area (Å²) in [7, 11) is 0. The van der Waals surface area contributed by atoms with Crippen molar-refractivity contribution >= 4 is 29.1 Å². The minimum absolute atomic E-state index is 0.0848. The number of aliphatic hydroxyl groups excluding tert-OH is 1. The molecule has 2 fully saturated rings. The number of benzene rings is 1. The predicted molar refractivity (Wildman–Crippen MR) is 87.4 cm³/mol. The molecule has 2 aliphatic rings. The molecule has 1 amide bonds. The van der Waals surface area contributed by atoms with Crippen molar-refractivity contribution in [2.24, 2.45) is 5.92 Å². The first-order chi connectivity index (χ1) is 10.6. The predicted octanol–water partition coefficient (Wildman–Crippen LogP) is 2.23. The second-order valence-corrected chi connectivity index (χ2v) is 6.83. The summed E-state index contributed by atoms with van der Waals surface area (Å²) in [5.74, 6) is 0.610. The van der Waals surface area contributed by atoms with Crippen molar-refractivity contribution in [1.29, 1.82) is 0 Å². The van der Waals surface area contributed by atoms with Crippen molar-refractivity contribution < 1.29 is 9.90 Å². The van der Waals surface area contributed by atoms with Gasteiger partial charge >= 0.3 is 0 Å². The van der Waals surface area contributed by atoms with Crippen LogP contribution in [0.25, 0.3) is 0 Å². The molecule has 22 heavy (non-hydrogen) atoms. The topological polar surface area (TPSA) is 43.8 Å². The standard InChI is InChI=1S/C16H20Cl2N2O2/c17-14-2-1-11(9-15(14)18)12-10-13(12)16(22)20-5-3-19(4-6-20)7-8-21/h1-2,9,12-13,21H,3-8,10H2. The van der Waals surface area contributed by atoms with Crippen molar-refractivity contribution in [3.63, 3.8) is 0 Å². The van der Waals surface area contributed by atoms with Crippen molar-refractivity contribution in [3.8, 4) is 0 Å². The minimum Gasteiger partial charge on any atom is -0.395 e. The highest BCUT2D eigenvalue weighted by atomic mass is 35.5. The van der Waals surface area contributed by atoms with Gasteiger partial charge in [0.25, 0.3) is 0 Å². The Labute approximate surface area is 140 Å². The van der Waals surface area contributed by atoms with Crippen LogP contribution in [0.3, 0.4) is 0 Å². The van der Waals surface area contributed by atoms with Crippen LogP contribution in [0.2, 0.25) is 10.0 Å². The molecule has 4 nitrogen and oxygen atoms in total. The van der Waals surface area contributed by atoms with Crippen LogP contribution in [0.5, 0.6) is 0 Å². The quantitative estimate of drug-likeness (QED) is 0.912. The van der Waals surface area contributed by atoms with Gasteiger partial charge in [-0.2, -0.15) is 0 Å². The van der Waals surface area contributed by atoms with Gasteiger partial charge < -0.3 is 10.0 Å². The van der Waals surface area contributed by atoms with Gasteiger partial charge in [0.1, 0.15) is 0 Å². The number of hydrogen-bond donors (Lipinski definition) is 1. The summed E-state index contributed by atoms with van der Waals surface area (Å²) < 4.78 is 0. The first-order valence-electron chi connectivity index (χ1n) is 7.67. The van der Waals surface area contributed by atoms with Gasteiger partial charge in [-0.1, -0.05) is 29.3 Å². The molecule has 1 aliphatic carbocycles. The number of carbonyl (C=O) groups is 1. The maximum Gasteiger partial charge on any atom is 0.226 e. The largest absolute Gasteiger partial charge is 0.395 e. The summed E-state index contributed by atoms with van der Waals surface area (Å²) in [6.07, 6.45) is 0.896. The molecular weight excluding hydrogens is 323 g/mol. The van der Waals surface area contributed by atoms with E-state index in [2.05, 4.69) is 4.90 Å². The molecule has 120 valence electrons. The number of halogens is 2. The van der Waals surface area contributed by atoms with Crippen LogP contribution in [0.4, 0.5) is 0 Å². The number of nitrogens with zero attached hydrogens (tertiary/aromatic N) is 2. The maximum absolute atomic E-state index is 12.6. The molecule has 0 spiro atoms. The lowest BCUT2D eigenvalue weighted by Crippen LogP contribution is -2.49. The van der Waals surface area contributed by atoms with E-state index >= 15 is 0 Å². The maximum atomic E-state index is 12.6. The molecule has 1 saturated carbocycles. The molecule has 1 heterocycles. The minimum atomic E-state index is 0.0848. The molecular formula is C16H20Cl2N2O2. The van der Waals surface area contributed by atoms with Crippen LogP contribution >= 0.6 is 23.2 Å². The van der Waals surface area contributed by atoms with E-state index in [0.717, 1.165) is 38.2 Å². The zero-order valence-corrected chi connectivity index (χ0v) is 13.9. The van der Waals surface area contributed by atoms with Crippen molar-refractivity contribution in [2.45, 2.75) is 12.3 Å². The van der Waals surface area contributed by atoms with E-state index in [0.29, 0.717) is 16.6 Å². The number of piperazine rings is 1. The third-order valence-electron chi connectivity index (χ3n) is 4.58. The summed E-state index contributed by atoms with van der Waals surface area (Å²) in [6.45, 7) is 4.06. The Balaban J connectivity index is 1.56. The van der Waals surface area contributed by atoms with Gasteiger partial charge in [-0.15, -0.1) is 0 Å². The molecule has 1 saturated heterocycles. The van der Waals surface area contributed by atoms with Crippen molar-refractivity contribution in [2.75, 3.05) is 39.3 Å². The van der Waals surface area contributed by atoms with Crippen LogP contribution in [-0.2, 0) is 4.79 Å². The third kappa shape index (κ3) is 3.40. The van der Waals surface area contributed by atoms with Crippen molar-refractivity contribution in [3.05, 3.63) is 33.8 Å². The SMILES string of the molecule is O=C(C1CC1c1ccc(Cl)c(Cl)c1)N1CCN(CCO)CC1. The Morgan fingerprint density at radius 2 is 1.91 bits per heavy atom. The number of hydrogen-bond acceptors (Lipinski definition) is 3. The van der Waals surface area contributed by atoms with Gasteiger partial charge in [-0.05, 0) is 30.0 Å². The number of β-amino-alcohol motifs (C(OH)–C–C–N with tert-alkyl or cyclic N) is 1. The second kappa shape index (κ2) is 6.75. The van der Waals surface area contributed by atoms with Gasteiger partial charge in [0.05, 0.1) is 16.7 Å². The molecule has 6 heteroatoms. The highest BCUT2D eigenvalue weighted by Crippen LogP contribution is 2.49. The Morgan fingerprint density at radius 3 is 2.55 bits per heavy atom. The molecule has 3 rings (SSSR count). The van der Waals surface area contributed by atoms with Gasteiger partial charge in [0, 0.05) is 38.6 Å². The highest BCUT2D eigenvalue weighted by molar-refractivity contribution is 6.42. The smallest absolute Gasteiger partial charge is 0.226 e. The van der Waals surface area contributed by atoms with E-state index < -0.39 is 0 Å². The highest BCUT2D eigenvalue weighted by Gasteiger charge is 2.46. The number of aliphatic hydroxyl groups is 1. The first kappa shape index (κ1) is 16.1. The number of carbonyl (C=O) groups excluding carboxylic acids is 1. The summed E-state index contributed by atoms with van der Waals surface area (Å²) >= 11 is 12.0. The Kier molecular flexibility index (Phi) is 4.93. The fourth-order valence-electron chi connectivity index (χ4n) is 3.15. The fraction of sp³-hybridized carbons (Fsp3) is 0.562. The van der Waals surface area contributed by atoms with Gasteiger partial charge in [0.15, 0.2) is 0 Å². The summed E-state index contributed by atoms with van der Waals surface area (Å²) in [6, 6.07) is 5.64. The molecule has 1 aromatic rings. The molecule has 1 aromatic carbocycles. The lowest BCUT2D eigenvalue weighted by Gasteiger charge is -2.34. The summed E-state index contributed by atoms with van der Waals surface area (Å²) in [5, 5.41) is 10.1. The average molecular weight is 343 g/mol. The fourth-order valence-corrected chi connectivity index (χ4v) is 3.45. The second-order valence-electron chi connectivity index (χ2n) is 6.01. The van der Waals surface area contributed by atoms with Crippen LogP contribution in [0.1, 0.15) is 17.9 Å². The molecule has 1 aliphatic heterocycles. The molecule has 1 N–H and O–H groups in total. The van der Waals surface area contributed by atoms with E-state index in [1.165, 1.54) is 0 Å². The monoisotopic (exact) mass is 342 g/mol. The number of rotatable bonds is 4. The normalized spacial score (nSPS) is 25.3. The lowest BCUT2D eigenvalue weighted by atomic mass is 10.1. The Bertz CT molecular complexity index is 559. The molecule has 2 atom stereocenters. The lowest BCUT2D eigenvalue weighted by molar-refractivity contribution is -0.134. The summed E-state index contributed by atoms with van der Waals surface area (Å²) in [5.41, 5.74) is 1.10. The zero-order valence-electron chi connectivity index (χ0n) is 12.3. The van der Waals surface area contributed by atoms with Crippen LogP contribution < -0.4 is 0 Å². The third-order valence-corrected chi connectivity index (χ3v) is 5.32. The van der Waals surface area contributed by atoms with E-state index in [-0.39, 0.29) is 24.3 Å². The van der Waals surface area contributed by atoms with Gasteiger partial charge in [-0.25, -0.2) is 0 Å². The van der Waals surface area contributed by atoms with Crippen LogP contribution in [0, 0.1) is 5.92 Å². The van der Waals surface area contributed by atoms with E-state index in [1.54, 1.807) is 6.07 Å². The van der Waals surface area contributed by atoms with Crippen LogP contribution in [0.15, 0.2) is 18.2 Å². The Morgan fingerprint density at radius 1 is 1.18 bits per heavy atom. The molecule has 0 bridgehead atoms. The van der Waals surface area contributed by atoms with Gasteiger partial charge in [-0.3, -0.25) is 9.69 Å². The zero-order chi connectivity index (χ0) is 15.7. The first-order valence-corrected chi connectivity index (χ1v) is 8.42. The van der Waals surface area contributed by atoms with E-state index in [4.69, 9.17) is 28.3 Å². The Hall–Kier alpha value is -0.810. The average Bonchev–Trinajstić information content (AvgIpc) is 3.31. The van der Waals surface area contributed by atoms with Crippen LogP contribution in [-0.4, -0.2) is 60.1 Å². The molecule has 0 radical (unpaired) electrons. The molecule has 2 unspecified atom stereocenters. The van der Waals surface area contributed by atoms with E-state index in [1.807, 2.05) is 17.0 Å². The summed E-state index contributed by atoms with van der Waals surface area (Å²) in [4.78, 5) is 16.7. The number of amides is 1. The van der Waals surface area contributed by atoms with Crippen molar-refractivity contribution in [1.82, 2.24) is 9.80 Å². The van der Waals surface area contributed by atoms with E-state index in [9.17, 15) is 4.79 Å². The van der Waals surface area contributed by atoms with Gasteiger partial charge in [0.2, 0.25) is 5.91 Å².